The molecule has 0 aliphatic rings. The first-order valence-electron chi connectivity index (χ1n) is 6.04. The summed E-state index contributed by atoms with van der Waals surface area (Å²) in [6.45, 7) is 1.76. The largest absolute Gasteiger partial charge is 0.481 e. The first-order chi connectivity index (χ1) is 9.54. The lowest BCUT2D eigenvalue weighted by atomic mass is 10.1. The maximum atomic E-state index is 11.3. The molecule has 6 heteroatoms. The number of nitrogens with one attached hydrogen (secondary N) is 1. The van der Waals surface area contributed by atoms with Crippen LogP contribution in [0.25, 0.3) is 0 Å². The Balaban J connectivity index is 2.14. The summed E-state index contributed by atoms with van der Waals surface area (Å²) in [7, 11) is 0. The number of carboxylic acids is 1. The molecule has 0 spiro atoms. The molecule has 20 heavy (non-hydrogen) atoms. The number of aromatic nitrogens is 2. The molecule has 1 heterocycles. The van der Waals surface area contributed by atoms with Gasteiger partial charge in [-0.1, -0.05) is 36.0 Å². The SMILES string of the molecule is Cc1cc(=O)[nH]c(SCc2ccccc2CC(=O)O)n1. The number of benzene rings is 1. The molecule has 2 N–H and O–H groups in total. The second-order valence-electron chi connectivity index (χ2n) is 4.32. The van der Waals surface area contributed by atoms with E-state index in [0.29, 0.717) is 16.6 Å². The Hall–Kier alpha value is -2.08. The number of thioether (sulfide) groups is 1. The predicted octanol–water partition coefficient (Wildman–Crippen LogP) is 2.00. The van der Waals surface area contributed by atoms with E-state index in [-0.39, 0.29) is 12.0 Å². The number of carboxylic acid groups (broad SMARTS) is 1. The van der Waals surface area contributed by atoms with Crippen LogP contribution in [0.4, 0.5) is 0 Å². The van der Waals surface area contributed by atoms with Gasteiger partial charge in [0.25, 0.3) is 5.56 Å². The van der Waals surface area contributed by atoms with Crippen molar-refractivity contribution in [2.24, 2.45) is 0 Å². The molecule has 1 aromatic carbocycles. The topological polar surface area (TPSA) is 83.0 Å². The molecule has 104 valence electrons. The Morgan fingerprint density at radius 2 is 2.05 bits per heavy atom. The van der Waals surface area contributed by atoms with Crippen molar-refractivity contribution < 1.29 is 9.90 Å². The average Bonchev–Trinajstić information content (AvgIpc) is 2.36. The van der Waals surface area contributed by atoms with Crippen LogP contribution in [-0.4, -0.2) is 21.0 Å². The molecule has 0 saturated heterocycles. The molecule has 0 fully saturated rings. The quantitative estimate of drug-likeness (QED) is 0.650. The second kappa shape index (κ2) is 6.38. The number of rotatable bonds is 5. The number of hydrogen-bond acceptors (Lipinski definition) is 4. The lowest BCUT2D eigenvalue weighted by Gasteiger charge is -2.07. The van der Waals surface area contributed by atoms with E-state index in [1.807, 2.05) is 18.2 Å². The lowest BCUT2D eigenvalue weighted by Crippen LogP contribution is -2.08. The molecule has 0 atom stereocenters. The van der Waals surface area contributed by atoms with Gasteiger partial charge in [0.05, 0.1) is 6.42 Å². The zero-order chi connectivity index (χ0) is 14.5. The molecule has 1 aromatic heterocycles. The van der Waals surface area contributed by atoms with Crippen LogP contribution < -0.4 is 5.56 Å². The summed E-state index contributed by atoms with van der Waals surface area (Å²) in [5.41, 5.74) is 2.19. The van der Waals surface area contributed by atoms with E-state index in [2.05, 4.69) is 9.97 Å². The fourth-order valence-electron chi connectivity index (χ4n) is 1.80. The van der Waals surface area contributed by atoms with E-state index in [0.717, 1.165) is 11.1 Å². The maximum Gasteiger partial charge on any atom is 0.307 e. The summed E-state index contributed by atoms with van der Waals surface area (Å²) in [6.07, 6.45) is -0.00546. The Bertz CT molecular complexity index is 682. The molecule has 0 aliphatic carbocycles. The van der Waals surface area contributed by atoms with Crippen LogP contribution in [0.1, 0.15) is 16.8 Å². The second-order valence-corrected chi connectivity index (χ2v) is 5.28. The van der Waals surface area contributed by atoms with Crippen molar-refractivity contribution in [2.75, 3.05) is 0 Å². The van der Waals surface area contributed by atoms with E-state index in [9.17, 15) is 9.59 Å². The van der Waals surface area contributed by atoms with E-state index in [4.69, 9.17) is 5.11 Å². The molecule has 0 aliphatic heterocycles. The average molecular weight is 290 g/mol. The third kappa shape index (κ3) is 3.96. The van der Waals surface area contributed by atoms with Crippen LogP contribution >= 0.6 is 11.8 Å². The maximum absolute atomic E-state index is 11.3. The molecular weight excluding hydrogens is 276 g/mol. The van der Waals surface area contributed by atoms with Crippen LogP contribution in [0.15, 0.2) is 40.3 Å². The van der Waals surface area contributed by atoms with E-state index >= 15 is 0 Å². The highest BCUT2D eigenvalue weighted by Gasteiger charge is 2.07. The van der Waals surface area contributed by atoms with Crippen LogP contribution in [0.3, 0.4) is 0 Å². The van der Waals surface area contributed by atoms with Gasteiger partial charge in [-0.2, -0.15) is 0 Å². The number of nitrogens with zero attached hydrogens (tertiary/aromatic N) is 1. The van der Waals surface area contributed by atoms with Gasteiger partial charge in [-0.05, 0) is 18.1 Å². The molecule has 5 nitrogen and oxygen atoms in total. The van der Waals surface area contributed by atoms with E-state index in [1.165, 1.54) is 17.8 Å². The van der Waals surface area contributed by atoms with Crippen LogP contribution in [0.2, 0.25) is 0 Å². The van der Waals surface area contributed by atoms with Crippen molar-refractivity contribution in [3.63, 3.8) is 0 Å². The first kappa shape index (κ1) is 14.3. The summed E-state index contributed by atoms with van der Waals surface area (Å²) in [6, 6.07) is 8.81. The summed E-state index contributed by atoms with van der Waals surface area (Å²) in [5.74, 6) is -0.292. The minimum atomic E-state index is -0.857. The van der Waals surface area contributed by atoms with Crippen LogP contribution in [-0.2, 0) is 17.0 Å². The van der Waals surface area contributed by atoms with Crippen LogP contribution in [0, 0.1) is 6.92 Å². The van der Waals surface area contributed by atoms with Crippen molar-refractivity contribution in [2.45, 2.75) is 24.3 Å². The number of carbonyl (C=O) groups is 1. The minimum Gasteiger partial charge on any atom is -0.481 e. The van der Waals surface area contributed by atoms with Gasteiger partial charge in [0, 0.05) is 17.5 Å². The third-order valence-corrected chi connectivity index (χ3v) is 3.59. The number of aliphatic carboxylic acids is 1. The molecule has 0 bridgehead atoms. The summed E-state index contributed by atoms with van der Waals surface area (Å²) in [5, 5.41) is 9.42. The Morgan fingerprint density at radius 1 is 1.35 bits per heavy atom. The Labute approximate surface area is 120 Å². The van der Waals surface area contributed by atoms with Crippen molar-refractivity contribution in [3.05, 3.63) is 57.5 Å². The predicted molar refractivity (Wildman–Crippen MR) is 76.9 cm³/mol. The van der Waals surface area contributed by atoms with Crippen molar-refractivity contribution in [1.29, 1.82) is 0 Å². The summed E-state index contributed by atoms with van der Waals surface area (Å²) < 4.78 is 0. The zero-order valence-electron chi connectivity index (χ0n) is 10.9. The third-order valence-electron chi connectivity index (χ3n) is 2.67. The zero-order valence-corrected chi connectivity index (χ0v) is 11.7. The van der Waals surface area contributed by atoms with Crippen LogP contribution in [0.5, 0.6) is 0 Å². The molecule has 2 aromatic rings. The molecule has 2 rings (SSSR count). The highest BCUT2D eigenvalue weighted by Crippen LogP contribution is 2.21. The fraction of sp³-hybridized carbons (Fsp3) is 0.214. The van der Waals surface area contributed by atoms with Gasteiger partial charge in [0.1, 0.15) is 0 Å². The number of aromatic amines is 1. The van der Waals surface area contributed by atoms with Crippen molar-refractivity contribution >= 4 is 17.7 Å². The molecular formula is C14H14N2O3S. The first-order valence-corrected chi connectivity index (χ1v) is 7.02. The van der Waals surface area contributed by atoms with E-state index < -0.39 is 5.97 Å². The minimum absolute atomic E-state index is 0.00546. The van der Waals surface area contributed by atoms with Gasteiger partial charge in [0.2, 0.25) is 0 Å². The normalized spacial score (nSPS) is 10.4. The monoisotopic (exact) mass is 290 g/mol. The number of H-pyrrole nitrogens is 1. The van der Waals surface area contributed by atoms with Crippen molar-refractivity contribution in [1.82, 2.24) is 9.97 Å². The number of hydrogen-bond donors (Lipinski definition) is 2. The van der Waals surface area contributed by atoms with Gasteiger partial charge >= 0.3 is 5.97 Å². The molecule has 0 saturated carbocycles. The Morgan fingerprint density at radius 3 is 2.70 bits per heavy atom. The molecule has 0 amide bonds. The molecule has 0 unspecified atom stereocenters. The highest BCUT2D eigenvalue weighted by atomic mass is 32.2. The van der Waals surface area contributed by atoms with E-state index in [1.54, 1.807) is 13.0 Å². The highest BCUT2D eigenvalue weighted by molar-refractivity contribution is 7.98. The van der Waals surface area contributed by atoms with Gasteiger partial charge < -0.3 is 10.1 Å². The van der Waals surface area contributed by atoms with Gasteiger partial charge in [-0.15, -0.1) is 0 Å². The lowest BCUT2D eigenvalue weighted by molar-refractivity contribution is -0.136. The smallest absolute Gasteiger partial charge is 0.307 e. The van der Waals surface area contributed by atoms with Gasteiger partial charge in [-0.25, -0.2) is 4.98 Å². The summed E-state index contributed by atoms with van der Waals surface area (Å²) >= 11 is 1.38. The Kier molecular flexibility index (Phi) is 4.57. The number of aryl methyl sites for hydroxylation is 1. The van der Waals surface area contributed by atoms with Gasteiger partial charge in [-0.3, -0.25) is 9.59 Å². The fourth-order valence-corrected chi connectivity index (χ4v) is 2.75. The van der Waals surface area contributed by atoms with Crippen molar-refractivity contribution in [3.8, 4) is 0 Å². The standard InChI is InChI=1S/C14H14N2O3S/c1-9-6-12(17)16-14(15-9)20-8-11-5-3-2-4-10(11)7-13(18)19/h2-6H,7-8H2,1H3,(H,18,19)(H,15,16,17). The summed E-state index contributed by atoms with van der Waals surface area (Å²) in [4.78, 5) is 29.1. The van der Waals surface area contributed by atoms with Gasteiger partial charge in [0.15, 0.2) is 5.16 Å². The molecule has 0 radical (unpaired) electrons.